The molecule has 2 N–H and O–H groups in total. The van der Waals surface area contributed by atoms with Gasteiger partial charge in [0.15, 0.2) is 0 Å². The topological polar surface area (TPSA) is 44.5 Å². The van der Waals surface area contributed by atoms with E-state index in [1.54, 1.807) is 6.07 Å². The number of halogens is 1. The maximum atomic E-state index is 13.3. The molecule has 0 saturated carbocycles. The van der Waals surface area contributed by atoms with Crippen LogP contribution in [0.25, 0.3) is 0 Å². The molecule has 0 radical (unpaired) electrons. The largest absolute Gasteiger partial charge is 0.494 e. The first-order valence-corrected chi connectivity index (χ1v) is 7.54. The fourth-order valence-electron chi connectivity index (χ4n) is 2.32. The fourth-order valence-corrected chi connectivity index (χ4v) is 2.32. The average molecular weight is 303 g/mol. The molecule has 0 saturated heterocycles. The summed E-state index contributed by atoms with van der Waals surface area (Å²) < 4.78 is 24.5. The highest BCUT2D eigenvalue weighted by Crippen LogP contribution is 2.22. The van der Waals surface area contributed by atoms with Crippen LogP contribution in [0.1, 0.15) is 24.8 Å². The van der Waals surface area contributed by atoms with Crippen molar-refractivity contribution in [3.8, 4) is 11.5 Å². The molecule has 0 amide bonds. The molecule has 2 aromatic carbocycles. The average Bonchev–Trinajstić information content (AvgIpc) is 2.52. The van der Waals surface area contributed by atoms with E-state index in [-0.39, 0.29) is 11.7 Å². The van der Waals surface area contributed by atoms with Gasteiger partial charge in [-0.3, -0.25) is 0 Å². The van der Waals surface area contributed by atoms with E-state index >= 15 is 0 Å². The third-order valence-corrected chi connectivity index (χ3v) is 3.46. The van der Waals surface area contributed by atoms with Crippen LogP contribution < -0.4 is 15.2 Å². The van der Waals surface area contributed by atoms with E-state index in [0.29, 0.717) is 19.8 Å². The molecule has 0 heterocycles. The minimum absolute atomic E-state index is 0.0887. The van der Waals surface area contributed by atoms with E-state index in [9.17, 15) is 4.39 Å². The Kier molecular flexibility index (Phi) is 6.22. The first kappa shape index (κ1) is 16.3. The summed E-state index contributed by atoms with van der Waals surface area (Å²) in [5.41, 5.74) is 6.71. The van der Waals surface area contributed by atoms with Crippen LogP contribution in [0.15, 0.2) is 48.5 Å². The zero-order valence-corrected chi connectivity index (χ0v) is 12.8. The minimum atomic E-state index is -0.235. The van der Waals surface area contributed by atoms with E-state index in [1.807, 2.05) is 37.3 Å². The molecule has 0 bridgehead atoms. The van der Waals surface area contributed by atoms with Crippen molar-refractivity contribution in [3.05, 3.63) is 59.9 Å². The maximum absolute atomic E-state index is 13.3. The predicted molar refractivity (Wildman–Crippen MR) is 85.9 cm³/mol. The quantitative estimate of drug-likeness (QED) is 0.808. The summed E-state index contributed by atoms with van der Waals surface area (Å²) >= 11 is 0. The zero-order valence-electron chi connectivity index (χ0n) is 12.8. The lowest BCUT2D eigenvalue weighted by molar-refractivity contribution is 0.293. The van der Waals surface area contributed by atoms with Crippen molar-refractivity contribution in [2.45, 2.75) is 19.3 Å². The fraction of sp³-hybridized carbons (Fsp3) is 0.333. The Morgan fingerprint density at radius 2 is 1.77 bits per heavy atom. The smallest absolute Gasteiger partial charge is 0.123 e. The van der Waals surface area contributed by atoms with Crippen molar-refractivity contribution in [1.82, 2.24) is 0 Å². The van der Waals surface area contributed by atoms with E-state index < -0.39 is 0 Å². The van der Waals surface area contributed by atoms with Gasteiger partial charge in [0, 0.05) is 6.07 Å². The van der Waals surface area contributed by atoms with Crippen LogP contribution in [0.4, 0.5) is 4.39 Å². The van der Waals surface area contributed by atoms with Crippen molar-refractivity contribution in [3.63, 3.8) is 0 Å². The van der Waals surface area contributed by atoms with E-state index in [2.05, 4.69) is 0 Å². The number of rotatable bonds is 8. The Morgan fingerprint density at radius 1 is 1.05 bits per heavy atom. The van der Waals surface area contributed by atoms with Gasteiger partial charge < -0.3 is 15.2 Å². The highest BCUT2D eigenvalue weighted by Gasteiger charge is 2.11. The van der Waals surface area contributed by atoms with Crippen LogP contribution in [0, 0.1) is 5.82 Å². The van der Waals surface area contributed by atoms with Crippen LogP contribution in [0.3, 0.4) is 0 Å². The summed E-state index contributed by atoms with van der Waals surface area (Å²) in [7, 11) is 0. The van der Waals surface area contributed by atoms with Crippen LogP contribution in [-0.2, 0) is 0 Å². The summed E-state index contributed by atoms with van der Waals surface area (Å²) in [4.78, 5) is 0. The molecule has 2 aromatic rings. The number of ether oxygens (including phenoxy) is 2. The summed E-state index contributed by atoms with van der Waals surface area (Å²) in [5, 5.41) is 0. The Balaban J connectivity index is 1.90. The van der Waals surface area contributed by atoms with Crippen LogP contribution in [-0.4, -0.2) is 19.8 Å². The Bertz CT molecular complexity index is 589. The molecule has 0 aliphatic rings. The van der Waals surface area contributed by atoms with Gasteiger partial charge in [0.25, 0.3) is 0 Å². The molecule has 0 fully saturated rings. The Hall–Kier alpha value is -2.07. The van der Waals surface area contributed by atoms with E-state index in [4.69, 9.17) is 15.2 Å². The first-order valence-electron chi connectivity index (χ1n) is 7.54. The third kappa shape index (κ3) is 4.74. The van der Waals surface area contributed by atoms with Crippen molar-refractivity contribution in [1.29, 1.82) is 0 Å². The molecule has 0 aliphatic heterocycles. The summed E-state index contributed by atoms with van der Waals surface area (Å²) in [6.45, 7) is 3.55. The SMILES string of the molecule is CCOc1cccc(OCCC(CN)c2cccc(F)c2)c1. The third-order valence-electron chi connectivity index (χ3n) is 3.46. The van der Waals surface area contributed by atoms with Gasteiger partial charge in [0.1, 0.15) is 17.3 Å². The number of nitrogens with two attached hydrogens (primary N) is 1. The van der Waals surface area contributed by atoms with Crippen LogP contribution in [0.5, 0.6) is 11.5 Å². The summed E-state index contributed by atoms with van der Waals surface area (Å²) in [5.74, 6) is 1.41. The molecular weight excluding hydrogens is 281 g/mol. The normalized spacial score (nSPS) is 12.0. The van der Waals surface area contributed by atoms with Crippen molar-refractivity contribution >= 4 is 0 Å². The molecule has 0 spiro atoms. The number of benzene rings is 2. The summed E-state index contributed by atoms with van der Waals surface area (Å²) in [6.07, 6.45) is 0.735. The lowest BCUT2D eigenvalue weighted by Crippen LogP contribution is -2.15. The van der Waals surface area contributed by atoms with Crippen molar-refractivity contribution in [2.24, 2.45) is 5.73 Å². The van der Waals surface area contributed by atoms with E-state index in [1.165, 1.54) is 12.1 Å². The predicted octanol–water partition coefficient (Wildman–Crippen LogP) is 3.74. The summed E-state index contributed by atoms with van der Waals surface area (Å²) in [6, 6.07) is 14.1. The second-order valence-electron chi connectivity index (χ2n) is 5.03. The molecule has 1 unspecified atom stereocenters. The standard InChI is InChI=1S/C18H22FNO2/c1-2-21-17-7-4-8-18(12-17)22-10-9-15(13-20)14-5-3-6-16(19)11-14/h3-8,11-12,15H,2,9-10,13,20H2,1H3. The molecule has 22 heavy (non-hydrogen) atoms. The van der Waals surface area contributed by atoms with Gasteiger partial charge in [-0.05, 0) is 55.6 Å². The lowest BCUT2D eigenvalue weighted by atomic mass is 9.96. The molecule has 2 rings (SSSR count). The van der Waals surface area contributed by atoms with Gasteiger partial charge in [-0.1, -0.05) is 18.2 Å². The molecule has 4 heteroatoms. The molecule has 3 nitrogen and oxygen atoms in total. The van der Waals surface area contributed by atoms with Gasteiger partial charge in [0.2, 0.25) is 0 Å². The van der Waals surface area contributed by atoms with E-state index in [0.717, 1.165) is 23.5 Å². The van der Waals surface area contributed by atoms with Gasteiger partial charge in [-0.15, -0.1) is 0 Å². The monoisotopic (exact) mass is 303 g/mol. The van der Waals surface area contributed by atoms with Crippen LogP contribution in [0.2, 0.25) is 0 Å². The van der Waals surface area contributed by atoms with Crippen molar-refractivity contribution < 1.29 is 13.9 Å². The highest BCUT2D eigenvalue weighted by atomic mass is 19.1. The van der Waals surface area contributed by atoms with Gasteiger partial charge in [-0.25, -0.2) is 4.39 Å². The molecule has 0 aromatic heterocycles. The molecule has 1 atom stereocenters. The molecule has 118 valence electrons. The first-order chi connectivity index (χ1) is 10.7. The molecular formula is C18H22FNO2. The lowest BCUT2D eigenvalue weighted by Gasteiger charge is -2.16. The molecule has 0 aliphatic carbocycles. The Labute approximate surface area is 130 Å². The minimum Gasteiger partial charge on any atom is -0.494 e. The highest BCUT2D eigenvalue weighted by molar-refractivity contribution is 5.33. The second kappa shape index (κ2) is 8.39. The Morgan fingerprint density at radius 3 is 2.45 bits per heavy atom. The van der Waals surface area contributed by atoms with Crippen LogP contribution >= 0.6 is 0 Å². The van der Waals surface area contributed by atoms with Gasteiger partial charge in [0.05, 0.1) is 13.2 Å². The number of hydrogen-bond donors (Lipinski definition) is 1. The second-order valence-corrected chi connectivity index (χ2v) is 5.03. The van der Waals surface area contributed by atoms with Crippen molar-refractivity contribution in [2.75, 3.05) is 19.8 Å². The zero-order chi connectivity index (χ0) is 15.8. The maximum Gasteiger partial charge on any atom is 0.123 e. The number of hydrogen-bond acceptors (Lipinski definition) is 3. The van der Waals surface area contributed by atoms with Gasteiger partial charge >= 0.3 is 0 Å². The van der Waals surface area contributed by atoms with Gasteiger partial charge in [-0.2, -0.15) is 0 Å².